The Kier molecular flexibility index (Phi) is 5.33. The van der Waals surface area contributed by atoms with E-state index in [1.807, 2.05) is 6.92 Å². The van der Waals surface area contributed by atoms with Crippen LogP contribution in [0.1, 0.15) is 29.0 Å². The Morgan fingerprint density at radius 1 is 1.08 bits per heavy atom. The van der Waals surface area contributed by atoms with Gasteiger partial charge in [-0.25, -0.2) is 12.7 Å². The van der Waals surface area contributed by atoms with E-state index in [-0.39, 0.29) is 17.7 Å². The number of rotatable bonds is 3. The van der Waals surface area contributed by atoms with Gasteiger partial charge in [-0.15, -0.1) is 0 Å². The fraction of sp³-hybridized carbons (Fsp3) is 0.688. The minimum absolute atomic E-state index is 0.0702. The summed E-state index contributed by atoms with van der Waals surface area (Å²) in [5, 5.41) is 6.76. The van der Waals surface area contributed by atoms with E-state index in [4.69, 9.17) is 0 Å². The number of carbonyl (C=O) groups excluding carboxylic acids is 2. The molecule has 0 atom stereocenters. The number of aromatic amines is 1. The minimum atomic E-state index is -3.19. The Bertz CT molecular complexity index is 774. The van der Waals surface area contributed by atoms with Crippen LogP contribution in [0.15, 0.2) is 6.07 Å². The summed E-state index contributed by atoms with van der Waals surface area (Å²) in [7, 11) is -3.19. The fourth-order valence-corrected chi connectivity index (χ4v) is 4.39. The molecule has 2 amide bonds. The van der Waals surface area contributed by atoms with Gasteiger partial charge >= 0.3 is 0 Å². The Labute approximate surface area is 153 Å². The van der Waals surface area contributed by atoms with Crippen molar-refractivity contribution in [3.63, 3.8) is 0 Å². The molecule has 2 aliphatic rings. The number of H-pyrrole nitrogens is 1. The molecule has 1 N–H and O–H groups in total. The number of hydrogen-bond donors (Lipinski definition) is 1. The summed E-state index contributed by atoms with van der Waals surface area (Å²) in [5.41, 5.74) is 1.23. The maximum absolute atomic E-state index is 12.7. The lowest BCUT2D eigenvalue weighted by Gasteiger charge is -2.38. The van der Waals surface area contributed by atoms with Gasteiger partial charge in [0.25, 0.3) is 5.91 Å². The van der Waals surface area contributed by atoms with Gasteiger partial charge in [0, 0.05) is 50.9 Å². The second-order valence-corrected chi connectivity index (χ2v) is 8.97. The topological polar surface area (TPSA) is 107 Å². The van der Waals surface area contributed by atoms with Gasteiger partial charge in [-0.3, -0.25) is 14.7 Å². The maximum atomic E-state index is 12.7. The third kappa shape index (κ3) is 4.07. The number of hydrogen-bond acceptors (Lipinski definition) is 5. The molecule has 1 aromatic rings. The van der Waals surface area contributed by atoms with Gasteiger partial charge in [0.15, 0.2) is 0 Å². The summed E-state index contributed by atoms with van der Waals surface area (Å²) in [4.78, 5) is 28.6. The summed E-state index contributed by atoms with van der Waals surface area (Å²) in [6, 6.07) is 1.72. The van der Waals surface area contributed by atoms with Crippen molar-refractivity contribution in [3.8, 4) is 0 Å². The standard InChI is InChI=1S/C16H25N5O4S/c1-12-11-14(18-17-12)16(23)20-9-7-19(8-10-20)15(22)13-3-5-21(6-4-13)26(2,24)25/h11,13H,3-10H2,1-2H3,(H,17,18). The molecule has 144 valence electrons. The van der Waals surface area contributed by atoms with Crippen LogP contribution >= 0.6 is 0 Å². The monoisotopic (exact) mass is 383 g/mol. The summed E-state index contributed by atoms with van der Waals surface area (Å²) in [6.07, 6.45) is 2.31. The van der Waals surface area contributed by atoms with Gasteiger partial charge in [0.05, 0.1) is 6.26 Å². The van der Waals surface area contributed by atoms with Crippen molar-refractivity contribution in [2.45, 2.75) is 19.8 Å². The Balaban J connectivity index is 1.50. The van der Waals surface area contributed by atoms with Crippen LogP contribution in [0.25, 0.3) is 0 Å². The predicted molar refractivity (Wildman–Crippen MR) is 94.9 cm³/mol. The first-order valence-corrected chi connectivity index (χ1v) is 10.7. The number of carbonyl (C=O) groups is 2. The summed E-state index contributed by atoms with van der Waals surface area (Å²) in [5.74, 6) is -0.187. The minimum Gasteiger partial charge on any atom is -0.339 e. The van der Waals surface area contributed by atoms with Gasteiger partial charge in [-0.05, 0) is 25.8 Å². The molecule has 10 heteroatoms. The van der Waals surface area contributed by atoms with E-state index in [2.05, 4.69) is 10.2 Å². The van der Waals surface area contributed by atoms with Crippen LogP contribution in [-0.4, -0.2) is 90.1 Å². The lowest BCUT2D eigenvalue weighted by molar-refractivity contribution is -0.138. The summed E-state index contributed by atoms with van der Waals surface area (Å²) < 4.78 is 24.6. The molecule has 2 saturated heterocycles. The molecule has 0 radical (unpaired) electrons. The van der Waals surface area contributed by atoms with Gasteiger partial charge < -0.3 is 9.80 Å². The average Bonchev–Trinajstić information content (AvgIpc) is 3.06. The zero-order valence-electron chi connectivity index (χ0n) is 15.1. The Hall–Kier alpha value is -1.94. The second kappa shape index (κ2) is 7.36. The molecule has 0 saturated carbocycles. The van der Waals surface area contributed by atoms with E-state index in [0.717, 1.165) is 5.69 Å². The number of aromatic nitrogens is 2. The number of piperazine rings is 1. The highest BCUT2D eigenvalue weighted by Crippen LogP contribution is 2.22. The van der Waals surface area contributed by atoms with Crippen LogP contribution in [0, 0.1) is 12.8 Å². The molecule has 2 fully saturated rings. The summed E-state index contributed by atoms with van der Waals surface area (Å²) >= 11 is 0. The van der Waals surface area contributed by atoms with Gasteiger partial charge in [0.1, 0.15) is 5.69 Å². The SMILES string of the molecule is Cc1cc(C(=O)N2CCN(C(=O)C3CCN(S(C)(=O)=O)CC3)CC2)n[nH]1. The van der Waals surface area contributed by atoms with Crippen LogP contribution in [-0.2, 0) is 14.8 Å². The lowest BCUT2D eigenvalue weighted by atomic mass is 9.96. The van der Waals surface area contributed by atoms with Gasteiger partial charge in [0.2, 0.25) is 15.9 Å². The van der Waals surface area contributed by atoms with E-state index in [1.54, 1.807) is 15.9 Å². The van der Waals surface area contributed by atoms with E-state index in [0.29, 0.717) is 57.8 Å². The molecule has 1 aromatic heterocycles. The van der Waals surface area contributed by atoms with E-state index in [1.165, 1.54) is 10.6 Å². The number of amides is 2. The third-order valence-electron chi connectivity index (χ3n) is 5.08. The van der Waals surface area contributed by atoms with E-state index < -0.39 is 10.0 Å². The Morgan fingerprint density at radius 2 is 1.65 bits per heavy atom. The van der Waals surface area contributed by atoms with Crippen molar-refractivity contribution in [3.05, 3.63) is 17.5 Å². The first kappa shape index (κ1) is 18.8. The largest absolute Gasteiger partial charge is 0.339 e. The van der Waals surface area contributed by atoms with Crippen molar-refractivity contribution in [1.82, 2.24) is 24.3 Å². The highest BCUT2D eigenvalue weighted by molar-refractivity contribution is 7.88. The first-order valence-electron chi connectivity index (χ1n) is 8.81. The molecule has 3 rings (SSSR count). The molecule has 9 nitrogen and oxygen atoms in total. The predicted octanol–water partition coefficient (Wildman–Crippen LogP) is -0.326. The van der Waals surface area contributed by atoms with Crippen LogP contribution < -0.4 is 0 Å². The molecule has 0 unspecified atom stereocenters. The van der Waals surface area contributed by atoms with E-state index in [9.17, 15) is 18.0 Å². The van der Waals surface area contributed by atoms with Gasteiger partial charge in [-0.1, -0.05) is 0 Å². The smallest absolute Gasteiger partial charge is 0.274 e. The average molecular weight is 383 g/mol. The fourth-order valence-electron chi connectivity index (χ4n) is 3.51. The summed E-state index contributed by atoms with van der Waals surface area (Å²) in [6.45, 7) is 4.60. The third-order valence-corrected chi connectivity index (χ3v) is 6.38. The van der Waals surface area contributed by atoms with Gasteiger partial charge in [-0.2, -0.15) is 5.10 Å². The quantitative estimate of drug-likeness (QED) is 0.769. The van der Waals surface area contributed by atoms with Crippen molar-refractivity contribution < 1.29 is 18.0 Å². The van der Waals surface area contributed by atoms with Crippen LogP contribution in [0.3, 0.4) is 0 Å². The molecule has 0 bridgehead atoms. The number of nitrogens with one attached hydrogen (secondary N) is 1. The van der Waals surface area contributed by atoms with Crippen molar-refractivity contribution >= 4 is 21.8 Å². The molecule has 26 heavy (non-hydrogen) atoms. The van der Waals surface area contributed by atoms with Crippen LogP contribution in [0.4, 0.5) is 0 Å². The number of piperidine rings is 1. The van der Waals surface area contributed by atoms with Crippen LogP contribution in [0.5, 0.6) is 0 Å². The molecule has 0 spiro atoms. The molecule has 3 heterocycles. The molecular formula is C16H25N5O4S. The van der Waals surface area contributed by atoms with Crippen LogP contribution in [0.2, 0.25) is 0 Å². The highest BCUT2D eigenvalue weighted by atomic mass is 32.2. The lowest BCUT2D eigenvalue weighted by Crippen LogP contribution is -2.53. The number of aryl methyl sites for hydroxylation is 1. The number of sulfonamides is 1. The molecule has 0 aliphatic carbocycles. The molecular weight excluding hydrogens is 358 g/mol. The normalized spacial score (nSPS) is 20.4. The second-order valence-electron chi connectivity index (χ2n) is 6.99. The maximum Gasteiger partial charge on any atom is 0.274 e. The molecule has 2 aliphatic heterocycles. The Morgan fingerprint density at radius 3 is 2.15 bits per heavy atom. The van der Waals surface area contributed by atoms with Crippen molar-refractivity contribution in [1.29, 1.82) is 0 Å². The highest BCUT2D eigenvalue weighted by Gasteiger charge is 2.33. The number of nitrogens with zero attached hydrogens (tertiary/aromatic N) is 4. The van der Waals surface area contributed by atoms with Crippen molar-refractivity contribution in [2.75, 3.05) is 45.5 Å². The van der Waals surface area contributed by atoms with Crippen molar-refractivity contribution in [2.24, 2.45) is 5.92 Å². The molecule has 0 aromatic carbocycles. The van der Waals surface area contributed by atoms with E-state index >= 15 is 0 Å². The zero-order chi connectivity index (χ0) is 18.9. The first-order chi connectivity index (χ1) is 12.3. The zero-order valence-corrected chi connectivity index (χ0v) is 16.0.